The fourth-order valence-corrected chi connectivity index (χ4v) is 4.58. The molecule has 2 heterocycles. The average molecular weight is 424 g/mol. The quantitative estimate of drug-likeness (QED) is 0.550. The van der Waals surface area contributed by atoms with Crippen molar-refractivity contribution in [3.05, 3.63) is 40.3 Å². The van der Waals surface area contributed by atoms with Crippen LogP contribution in [0.2, 0.25) is 10.2 Å². The van der Waals surface area contributed by atoms with Gasteiger partial charge >= 0.3 is 0 Å². The highest BCUT2D eigenvalue weighted by atomic mass is 35.5. The lowest BCUT2D eigenvalue weighted by molar-refractivity contribution is 0.116. The van der Waals surface area contributed by atoms with Gasteiger partial charge in [-0.15, -0.1) is 0 Å². The van der Waals surface area contributed by atoms with Crippen LogP contribution >= 0.6 is 34.5 Å². The first-order valence-electron chi connectivity index (χ1n) is 8.83. The van der Waals surface area contributed by atoms with Crippen molar-refractivity contribution in [2.24, 2.45) is 0 Å². The fourth-order valence-electron chi connectivity index (χ4n) is 3.24. The van der Waals surface area contributed by atoms with E-state index in [1.165, 1.54) is 6.20 Å². The van der Waals surface area contributed by atoms with E-state index >= 15 is 0 Å². The highest BCUT2D eigenvalue weighted by Crippen LogP contribution is 2.32. The summed E-state index contributed by atoms with van der Waals surface area (Å²) in [5.74, 6) is 0.594. The molecule has 0 amide bonds. The molecule has 1 aliphatic carbocycles. The van der Waals surface area contributed by atoms with Gasteiger partial charge in [-0.3, -0.25) is 4.98 Å². The molecule has 142 valence electrons. The number of aliphatic hydroxyl groups excluding tert-OH is 1. The second-order valence-electron chi connectivity index (χ2n) is 6.61. The summed E-state index contributed by atoms with van der Waals surface area (Å²) in [6.07, 6.45) is 6.82. The molecule has 6 nitrogen and oxygen atoms in total. The minimum Gasteiger partial charge on any atom is -0.391 e. The summed E-state index contributed by atoms with van der Waals surface area (Å²) in [7, 11) is 0. The Balaban J connectivity index is 1.50. The fraction of sp³-hybridized carbons (Fsp3) is 0.389. The molecule has 0 aliphatic heterocycles. The SMILES string of the molecule is O[C@H]1CCCC[C@@H]1Nc1nc2cc(Cl)c(CNc3cncc(Cl)n3)cc2s1. The van der Waals surface area contributed by atoms with E-state index in [4.69, 9.17) is 23.2 Å². The topological polar surface area (TPSA) is 83.0 Å². The van der Waals surface area contributed by atoms with Gasteiger partial charge in [0.2, 0.25) is 0 Å². The van der Waals surface area contributed by atoms with Crippen molar-refractivity contribution in [3.8, 4) is 0 Å². The number of benzene rings is 1. The predicted octanol–water partition coefficient (Wildman–Crippen LogP) is 4.72. The minimum absolute atomic E-state index is 0.0670. The Bertz CT molecular complexity index is 951. The highest BCUT2D eigenvalue weighted by Gasteiger charge is 2.23. The molecular formula is C18H19Cl2N5OS. The number of nitrogens with one attached hydrogen (secondary N) is 2. The van der Waals surface area contributed by atoms with E-state index in [2.05, 4.69) is 25.6 Å². The van der Waals surface area contributed by atoms with Crippen LogP contribution in [0.3, 0.4) is 0 Å². The van der Waals surface area contributed by atoms with E-state index in [-0.39, 0.29) is 12.1 Å². The van der Waals surface area contributed by atoms with Gasteiger partial charge in [0.1, 0.15) is 11.0 Å². The molecule has 2 aromatic heterocycles. The van der Waals surface area contributed by atoms with Crippen molar-refractivity contribution in [1.82, 2.24) is 15.0 Å². The molecule has 0 radical (unpaired) electrons. The van der Waals surface area contributed by atoms with Crippen molar-refractivity contribution in [2.45, 2.75) is 44.4 Å². The van der Waals surface area contributed by atoms with Gasteiger partial charge in [0.15, 0.2) is 5.13 Å². The molecule has 3 N–H and O–H groups in total. The lowest BCUT2D eigenvalue weighted by Gasteiger charge is -2.27. The van der Waals surface area contributed by atoms with E-state index in [9.17, 15) is 5.11 Å². The lowest BCUT2D eigenvalue weighted by atomic mass is 9.93. The summed E-state index contributed by atoms with van der Waals surface area (Å²) in [6, 6.07) is 3.97. The Hall–Kier alpha value is -1.67. The largest absolute Gasteiger partial charge is 0.391 e. The molecule has 1 saturated carbocycles. The van der Waals surface area contributed by atoms with Crippen LogP contribution in [0.1, 0.15) is 31.2 Å². The Labute approximate surface area is 171 Å². The summed E-state index contributed by atoms with van der Waals surface area (Å²) in [5, 5.41) is 18.5. The molecule has 1 aliphatic rings. The van der Waals surface area contributed by atoms with Gasteiger partial charge in [-0.25, -0.2) is 9.97 Å². The Morgan fingerprint density at radius 1 is 1.15 bits per heavy atom. The number of hydrogen-bond donors (Lipinski definition) is 3. The lowest BCUT2D eigenvalue weighted by Crippen LogP contribution is -2.36. The van der Waals surface area contributed by atoms with Crippen LogP contribution in [0.4, 0.5) is 10.9 Å². The minimum atomic E-state index is -0.312. The van der Waals surface area contributed by atoms with E-state index in [0.717, 1.165) is 46.6 Å². The van der Waals surface area contributed by atoms with Crippen LogP contribution in [0, 0.1) is 0 Å². The molecular weight excluding hydrogens is 405 g/mol. The maximum atomic E-state index is 10.2. The standard InChI is InChI=1S/C18H19Cl2N5OS/c19-11-6-13-15(5-10(11)7-22-17-9-21-8-16(20)25-17)27-18(24-13)23-12-3-1-2-4-14(12)26/h5-6,8-9,12,14,26H,1-4,7H2,(H,22,25)(H,23,24)/t12-,14-/m0/s1. The highest BCUT2D eigenvalue weighted by molar-refractivity contribution is 7.22. The molecule has 9 heteroatoms. The number of aliphatic hydroxyl groups is 1. The summed E-state index contributed by atoms with van der Waals surface area (Å²) >= 11 is 13.9. The van der Waals surface area contributed by atoms with Gasteiger partial charge in [0.25, 0.3) is 0 Å². The molecule has 3 aromatic rings. The monoisotopic (exact) mass is 423 g/mol. The second-order valence-corrected chi connectivity index (χ2v) is 8.44. The number of nitrogens with zero attached hydrogens (tertiary/aromatic N) is 3. The summed E-state index contributed by atoms with van der Waals surface area (Å²) in [5.41, 5.74) is 1.79. The number of halogens is 2. The Morgan fingerprint density at radius 2 is 2.00 bits per heavy atom. The van der Waals surface area contributed by atoms with Crippen molar-refractivity contribution in [1.29, 1.82) is 0 Å². The predicted molar refractivity (Wildman–Crippen MR) is 111 cm³/mol. The van der Waals surface area contributed by atoms with E-state index in [1.807, 2.05) is 12.1 Å². The summed E-state index contributed by atoms with van der Waals surface area (Å²) in [4.78, 5) is 12.8. The molecule has 0 saturated heterocycles. The first kappa shape index (κ1) is 18.7. The zero-order valence-corrected chi connectivity index (χ0v) is 16.8. The maximum absolute atomic E-state index is 10.2. The van der Waals surface area contributed by atoms with Crippen LogP contribution in [0.25, 0.3) is 10.2 Å². The third-order valence-corrected chi connectivity index (χ3v) is 6.14. The molecule has 0 unspecified atom stereocenters. The van der Waals surface area contributed by atoms with Crippen LogP contribution in [0.15, 0.2) is 24.5 Å². The van der Waals surface area contributed by atoms with E-state index in [1.54, 1.807) is 17.5 Å². The smallest absolute Gasteiger partial charge is 0.184 e. The van der Waals surface area contributed by atoms with Crippen LogP contribution in [-0.2, 0) is 6.54 Å². The van der Waals surface area contributed by atoms with Crippen LogP contribution in [0.5, 0.6) is 0 Å². The molecule has 1 fully saturated rings. The Morgan fingerprint density at radius 3 is 2.81 bits per heavy atom. The molecule has 27 heavy (non-hydrogen) atoms. The number of fused-ring (bicyclic) bond motifs is 1. The van der Waals surface area contributed by atoms with Crippen molar-refractivity contribution >= 4 is 55.7 Å². The van der Waals surface area contributed by atoms with Gasteiger partial charge in [0, 0.05) is 11.6 Å². The molecule has 0 spiro atoms. The number of anilines is 2. The second kappa shape index (κ2) is 8.14. The van der Waals surface area contributed by atoms with Crippen molar-refractivity contribution in [2.75, 3.05) is 10.6 Å². The van der Waals surface area contributed by atoms with Crippen LogP contribution < -0.4 is 10.6 Å². The van der Waals surface area contributed by atoms with E-state index < -0.39 is 0 Å². The Kier molecular flexibility index (Phi) is 5.63. The normalized spacial score (nSPS) is 20.0. The van der Waals surface area contributed by atoms with Crippen LogP contribution in [-0.4, -0.2) is 32.2 Å². The van der Waals surface area contributed by atoms with Gasteiger partial charge in [0.05, 0.1) is 34.8 Å². The van der Waals surface area contributed by atoms with Gasteiger partial charge in [-0.2, -0.15) is 0 Å². The number of aromatic nitrogens is 3. The average Bonchev–Trinajstić information content (AvgIpc) is 3.03. The molecule has 0 bridgehead atoms. The summed E-state index contributed by atoms with van der Waals surface area (Å²) in [6.45, 7) is 0.506. The third-order valence-electron chi connectivity index (χ3n) is 4.66. The van der Waals surface area contributed by atoms with Crippen molar-refractivity contribution < 1.29 is 5.11 Å². The first-order valence-corrected chi connectivity index (χ1v) is 10.4. The van der Waals surface area contributed by atoms with Gasteiger partial charge in [-0.05, 0) is 30.5 Å². The number of hydrogen-bond acceptors (Lipinski definition) is 7. The van der Waals surface area contributed by atoms with Gasteiger partial charge < -0.3 is 15.7 Å². The molecule has 1 aromatic carbocycles. The molecule has 4 rings (SSSR count). The van der Waals surface area contributed by atoms with Crippen molar-refractivity contribution in [3.63, 3.8) is 0 Å². The van der Waals surface area contributed by atoms with Gasteiger partial charge in [-0.1, -0.05) is 47.4 Å². The number of rotatable bonds is 5. The zero-order chi connectivity index (χ0) is 18.8. The molecule has 2 atom stereocenters. The third kappa shape index (κ3) is 4.43. The van der Waals surface area contributed by atoms with E-state index in [0.29, 0.717) is 22.5 Å². The summed E-state index contributed by atoms with van der Waals surface area (Å²) < 4.78 is 1.04. The number of thiazole rings is 1. The zero-order valence-electron chi connectivity index (χ0n) is 14.5. The first-order chi connectivity index (χ1) is 13.1. The maximum Gasteiger partial charge on any atom is 0.184 e.